The number of para-hydroxylation sites is 1. The van der Waals surface area contributed by atoms with E-state index in [0.717, 1.165) is 22.9 Å². The highest BCUT2D eigenvalue weighted by atomic mass is 15.3. The van der Waals surface area contributed by atoms with Crippen LogP contribution in [0.4, 0.5) is 5.69 Å². The van der Waals surface area contributed by atoms with Gasteiger partial charge in [-0.25, -0.2) is 4.98 Å². The smallest absolute Gasteiger partial charge is 0.156 e. The minimum Gasteiger partial charge on any atom is -0.398 e. The second kappa shape index (κ2) is 4.44. The van der Waals surface area contributed by atoms with E-state index in [0.29, 0.717) is 6.42 Å². The Morgan fingerprint density at radius 1 is 1.22 bits per heavy atom. The minimum absolute atomic E-state index is 0.0295. The number of anilines is 1. The standard InChI is InChI=1S/C14H20N4/c1-14(2,3)13-16-12(18(4)17-13)9-10-7-5-6-8-11(10)15/h5-8H,9,15H2,1-4H3. The second-order valence-electron chi connectivity index (χ2n) is 5.60. The molecule has 4 heteroatoms. The van der Waals surface area contributed by atoms with Gasteiger partial charge in [0.15, 0.2) is 5.82 Å². The van der Waals surface area contributed by atoms with Crippen LogP contribution >= 0.6 is 0 Å². The van der Waals surface area contributed by atoms with Crippen molar-refractivity contribution in [2.75, 3.05) is 5.73 Å². The number of nitrogen functional groups attached to an aromatic ring is 1. The molecule has 2 aromatic rings. The summed E-state index contributed by atoms with van der Waals surface area (Å²) in [5.41, 5.74) is 7.82. The summed E-state index contributed by atoms with van der Waals surface area (Å²) in [4.78, 5) is 4.61. The molecule has 0 saturated carbocycles. The Labute approximate surface area is 108 Å². The van der Waals surface area contributed by atoms with Crippen LogP contribution in [0.1, 0.15) is 38.0 Å². The van der Waals surface area contributed by atoms with Gasteiger partial charge >= 0.3 is 0 Å². The molecular weight excluding hydrogens is 224 g/mol. The highest BCUT2D eigenvalue weighted by Crippen LogP contribution is 2.20. The minimum atomic E-state index is -0.0295. The van der Waals surface area contributed by atoms with E-state index in [-0.39, 0.29) is 5.41 Å². The SMILES string of the molecule is Cn1nc(C(C)(C)C)nc1Cc1ccccc1N. The Bertz CT molecular complexity index is 549. The zero-order chi connectivity index (χ0) is 13.3. The van der Waals surface area contributed by atoms with Gasteiger partial charge in [-0.3, -0.25) is 4.68 Å². The maximum absolute atomic E-state index is 5.95. The summed E-state index contributed by atoms with van der Waals surface area (Å²) in [6.45, 7) is 6.34. The number of benzene rings is 1. The van der Waals surface area contributed by atoms with E-state index in [1.807, 2.05) is 36.0 Å². The van der Waals surface area contributed by atoms with Crippen molar-refractivity contribution in [1.82, 2.24) is 14.8 Å². The maximum atomic E-state index is 5.95. The summed E-state index contributed by atoms with van der Waals surface area (Å²) in [7, 11) is 1.93. The van der Waals surface area contributed by atoms with E-state index in [4.69, 9.17) is 5.73 Å². The summed E-state index contributed by atoms with van der Waals surface area (Å²) >= 11 is 0. The lowest BCUT2D eigenvalue weighted by atomic mass is 9.96. The fraction of sp³-hybridized carbons (Fsp3) is 0.429. The Morgan fingerprint density at radius 3 is 2.44 bits per heavy atom. The fourth-order valence-electron chi connectivity index (χ4n) is 1.75. The monoisotopic (exact) mass is 244 g/mol. The van der Waals surface area contributed by atoms with Crippen molar-refractivity contribution in [3.63, 3.8) is 0 Å². The lowest BCUT2D eigenvalue weighted by molar-refractivity contribution is 0.538. The van der Waals surface area contributed by atoms with Gasteiger partial charge in [-0.1, -0.05) is 39.0 Å². The van der Waals surface area contributed by atoms with Gasteiger partial charge in [0, 0.05) is 24.6 Å². The third-order valence-corrected chi connectivity index (χ3v) is 2.93. The number of aromatic nitrogens is 3. The number of nitrogens with zero attached hydrogens (tertiary/aromatic N) is 3. The van der Waals surface area contributed by atoms with E-state index in [1.54, 1.807) is 0 Å². The molecule has 2 N–H and O–H groups in total. The van der Waals surface area contributed by atoms with E-state index < -0.39 is 0 Å². The van der Waals surface area contributed by atoms with Crippen molar-refractivity contribution in [1.29, 1.82) is 0 Å². The van der Waals surface area contributed by atoms with Crippen molar-refractivity contribution in [3.8, 4) is 0 Å². The Morgan fingerprint density at radius 2 is 1.89 bits per heavy atom. The van der Waals surface area contributed by atoms with Crippen LogP contribution in [-0.2, 0) is 18.9 Å². The van der Waals surface area contributed by atoms with Crippen LogP contribution < -0.4 is 5.73 Å². The summed E-state index contributed by atoms with van der Waals surface area (Å²) in [5.74, 6) is 1.81. The second-order valence-corrected chi connectivity index (χ2v) is 5.60. The van der Waals surface area contributed by atoms with E-state index >= 15 is 0 Å². The molecule has 1 heterocycles. The van der Waals surface area contributed by atoms with Crippen molar-refractivity contribution in [2.45, 2.75) is 32.6 Å². The Balaban J connectivity index is 2.31. The van der Waals surface area contributed by atoms with E-state index in [9.17, 15) is 0 Å². The number of aryl methyl sites for hydroxylation is 1. The molecule has 4 nitrogen and oxygen atoms in total. The molecule has 0 bridgehead atoms. The van der Waals surface area contributed by atoms with Crippen LogP contribution in [-0.4, -0.2) is 14.8 Å². The molecule has 0 aliphatic heterocycles. The van der Waals surface area contributed by atoms with Crippen LogP contribution in [0.25, 0.3) is 0 Å². The Hall–Kier alpha value is -1.84. The zero-order valence-corrected chi connectivity index (χ0v) is 11.4. The summed E-state index contributed by atoms with van der Waals surface area (Å²) in [5, 5.41) is 4.47. The molecule has 0 aliphatic rings. The highest BCUT2D eigenvalue weighted by molar-refractivity contribution is 5.47. The topological polar surface area (TPSA) is 56.7 Å². The first-order valence-corrected chi connectivity index (χ1v) is 6.11. The van der Waals surface area contributed by atoms with Crippen LogP contribution in [0.2, 0.25) is 0 Å². The summed E-state index contributed by atoms with van der Waals surface area (Å²) < 4.78 is 1.84. The molecule has 0 atom stereocenters. The molecule has 2 rings (SSSR count). The molecule has 0 aliphatic carbocycles. The molecule has 18 heavy (non-hydrogen) atoms. The first kappa shape index (κ1) is 12.6. The molecule has 0 radical (unpaired) electrons. The van der Waals surface area contributed by atoms with Crippen LogP contribution in [0.3, 0.4) is 0 Å². The third kappa shape index (κ3) is 2.53. The van der Waals surface area contributed by atoms with Crippen molar-refractivity contribution >= 4 is 5.69 Å². The van der Waals surface area contributed by atoms with Gasteiger partial charge in [0.25, 0.3) is 0 Å². The Kier molecular flexibility index (Phi) is 3.11. The third-order valence-electron chi connectivity index (χ3n) is 2.93. The maximum Gasteiger partial charge on any atom is 0.156 e. The fourth-order valence-corrected chi connectivity index (χ4v) is 1.75. The molecule has 1 aromatic heterocycles. The highest BCUT2D eigenvalue weighted by Gasteiger charge is 2.21. The number of hydrogen-bond acceptors (Lipinski definition) is 3. The number of hydrogen-bond donors (Lipinski definition) is 1. The molecule has 1 aromatic carbocycles. The average Bonchev–Trinajstić information content (AvgIpc) is 2.63. The zero-order valence-electron chi connectivity index (χ0n) is 11.4. The van der Waals surface area contributed by atoms with Gasteiger partial charge in [0.05, 0.1) is 0 Å². The first-order valence-electron chi connectivity index (χ1n) is 6.11. The van der Waals surface area contributed by atoms with Gasteiger partial charge in [-0.05, 0) is 11.6 Å². The average molecular weight is 244 g/mol. The van der Waals surface area contributed by atoms with Crippen LogP contribution in [0, 0.1) is 0 Å². The largest absolute Gasteiger partial charge is 0.398 e. The molecule has 0 amide bonds. The van der Waals surface area contributed by atoms with Gasteiger partial charge in [-0.15, -0.1) is 0 Å². The quantitative estimate of drug-likeness (QED) is 0.825. The summed E-state index contributed by atoms with van der Waals surface area (Å²) in [6.07, 6.45) is 0.715. The van der Waals surface area contributed by atoms with E-state index in [1.165, 1.54) is 0 Å². The van der Waals surface area contributed by atoms with Crippen LogP contribution in [0.15, 0.2) is 24.3 Å². The van der Waals surface area contributed by atoms with E-state index in [2.05, 4.69) is 30.9 Å². The van der Waals surface area contributed by atoms with Crippen molar-refractivity contribution < 1.29 is 0 Å². The first-order chi connectivity index (χ1) is 8.38. The van der Waals surface area contributed by atoms with Crippen LogP contribution in [0.5, 0.6) is 0 Å². The normalized spacial score (nSPS) is 11.8. The van der Waals surface area contributed by atoms with Gasteiger partial charge < -0.3 is 5.73 Å². The molecule has 0 unspecified atom stereocenters. The predicted octanol–water partition coefficient (Wildman–Crippen LogP) is 2.29. The van der Waals surface area contributed by atoms with Gasteiger partial charge in [0.2, 0.25) is 0 Å². The molecule has 0 spiro atoms. The predicted molar refractivity (Wildman–Crippen MR) is 73.4 cm³/mol. The molecule has 0 saturated heterocycles. The number of rotatable bonds is 2. The lowest BCUT2D eigenvalue weighted by Crippen LogP contribution is -2.13. The molecule has 96 valence electrons. The molecular formula is C14H20N4. The van der Waals surface area contributed by atoms with Crippen molar-refractivity contribution in [2.24, 2.45) is 7.05 Å². The van der Waals surface area contributed by atoms with Gasteiger partial charge in [-0.2, -0.15) is 5.10 Å². The molecule has 0 fully saturated rings. The number of nitrogens with two attached hydrogens (primary N) is 1. The lowest BCUT2D eigenvalue weighted by Gasteiger charge is -2.12. The van der Waals surface area contributed by atoms with Crippen molar-refractivity contribution in [3.05, 3.63) is 41.5 Å². The summed E-state index contributed by atoms with van der Waals surface area (Å²) in [6, 6.07) is 7.87. The van der Waals surface area contributed by atoms with Gasteiger partial charge in [0.1, 0.15) is 5.82 Å².